The number of nitrogens with zero attached hydrogens (tertiary/aromatic N) is 1. The first-order valence-corrected chi connectivity index (χ1v) is 16.1. The van der Waals surface area contributed by atoms with Gasteiger partial charge in [-0.2, -0.15) is 0 Å². The number of ketones is 1. The van der Waals surface area contributed by atoms with Gasteiger partial charge < -0.3 is 24.3 Å². The van der Waals surface area contributed by atoms with Gasteiger partial charge in [0.05, 0.1) is 31.7 Å². The van der Waals surface area contributed by atoms with Gasteiger partial charge in [-0.25, -0.2) is 4.98 Å². The molecule has 2 fully saturated rings. The lowest BCUT2D eigenvalue weighted by Crippen LogP contribution is -2.10. The van der Waals surface area contributed by atoms with Crippen molar-refractivity contribution in [2.45, 2.75) is 93.9 Å². The van der Waals surface area contributed by atoms with Gasteiger partial charge in [-0.05, 0) is 75.9 Å². The van der Waals surface area contributed by atoms with Crippen LogP contribution in [0.3, 0.4) is 0 Å². The van der Waals surface area contributed by atoms with Crippen LogP contribution < -0.4 is 15.0 Å². The number of benzene rings is 2. The summed E-state index contributed by atoms with van der Waals surface area (Å²) >= 11 is 0. The predicted molar refractivity (Wildman–Crippen MR) is 197 cm³/mol. The maximum atomic E-state index is 12.3. The van der Waals surface area contributed by atoms with E-state index in [1.54, 1.807) is 40.2 Å². The Morgan fingerprint density at radius 3 is 1.85 bits per heavy atom. The van der Waals surface area contributed by atoms with Crippen molar-refractivity contribution >= 4 is 29.6 Å². The highest BCUT2D eigenvalue weighted by Gasteiger charge is 2.18. The fourth-order valence-electron chi connectivity index (χ4n) is 4.36. The molecular formula is C38H60N2O8. The Bertz CT molecular complexity index is 1330. The number of aromatic amines is 1. The van der Waals surface area contributed by atoms with Crippen molar-refractivity contribution in [2.75, 3.05) is 20.8 Å². The second-order valence-corrected chi connectivity index (χ2v) is 10.0. The smallest absolute Gasteiger partial charge is 0.293 e. The van der Waals surface area contributed by atoms with Gasteiger partial charge in [0.2, 0.25) is 0 Å². The Balaban J connectivity index is -0.000000639. The Hall–Kier alpha value is -4.47. The van der Waals surface area contributed by atoms with Crippen molar-refractivity contribution < 1.29 is 33.7 Å². The summed E-state index contributed by atoms with van der Waals surface area (Å²) in [7, 11) is 3.21. The SMILES string of the molecule is C.C=C.CC.CC(=O)C1CCCC1.CCC1CC1.CCOC=O.COc1ccc(-c2nc3c(C)c(OC)ccc3c(=O)[nH]2)cc1.O=CO. The van der Waals surface area contributed by atoms with E-state index in [1.165, 1.54) is 32.1 Å². The summed E-state index contributed by atoms with van der Waals surface area (Å²) in [6, 6.07) is 10.9. The summed E-state index contributed by atoms with van der Waals surface area (Å²) < 4.78 is 14.6. The molecule has 0 amide bonds. The number of aryl methyl sites for hydroxylation is 1. The molecular weight excluding hydrogens is 612 g/mol. The fraction of sp³-hybridized carbons (Fsp3) is 0.500. The minimum atomic E-state index is -0.250. The van der Waals surface area contributed by atoms with E-state index in [2.05, 4.69) is 34.8 Å². The molecule has 2 saturated carbocycles. The number of hydrogen-bond acceptors (Lipinski definition) is 8. The summed E-state index contributed by atoms with van der Waals surface area (Å²) in [6.45, 7) is 18.3. The molecule has 2 N–H and O–H groups in total. The first kappa shape index (κ1) is 47.9. The minimum Gasteiger partial charge on any atom is -0.497 e. The second kappa shape index (κ2) is 29.9. The Morgan fingerprint density at radius 2 is 1.52 bits per heavy atom. The Labute approximate surface area is 287 Å². The van der Waals surface area contributed by atoms with Gasteiger partial charge >= 0.3 is 0 Å². The molecule has 2 aliphatic carbocycles. The summed E-state index contributed by atoms with van der Waals surface area (Å²) in [5.74, 6) is 3.94. The monoisotopic (exact) mass is 672 g/mol. The number of ether oxygens (including phenoxy) is 3. The van der Waals surface area contributed by atoms with Crippen LogP contribution in [0.4, 0.5) is 0 Å². The third-order valence-corrected chi connectivity index (χ3v) is 7.10. The van der Waals surface area contributed by atoms with Crippen LogP contribution in [0.2, 0.25) is 0 Å². The zero-order valence-electron chi connectivity index (χ0n) is 29.6. The standard InChI is InChI=1S/C17H16N2O3.C7H12O.C5H10.C3H6O2.C2H6.C2H4.CH2O2.CH4/c1-10-14(22-3)9-8-13-15(10)18-16(19-17(13)20)11-4-6-12(21-2)7-5-11;1-6(8)7-4-2-3-5-7;1-2-5-3-4-5;1-2-5-3-4;2*1-2;2-1-3;/h4-9H,1-3H3,(H,18,19,20);7H,2-5H2,1H3;5H,2-4H2,1H3;3H,2H2,1H3;1-2H3;1-2H2;1H,(H,2,3);1H4. The molecule has 5 rings (SSSR count). The second-order valence-electron chi connectivity index (χ2n) is 10.0. The van der Waals surface area contributed by atoms with Crippen molar-refractivity contribution in [3.8, 4) is 22.9 Å². The van der Waals surface area contributed by atoms with Gasteiger partial charge in [0, 0.05) is 17.0 Å². The number of hydrogen-bond donors (Lipinski definition) is 2. The van der Waals surface area contributed by atoms with E-state index in [0.717, 1.165) is 35.6 Å². The van der Waals surface area contributed by atoms with Crippen LogP contribution in [0.25, 0.3) is 22.3 Å². The maximum absolute atomic E-state index is 12.3. The van der Waals surface area contributed by atoms with Gasteiger partial charge in [0.1, 0.15) is 23.1 Å². The van der Waals surface area contributed by atoms with Crippen LogP contribution in [0.1, 0.15) is 92.6 Å². The van der Waals surface area contributed by atoms with Crippen molar-refractivity contribution in [3.05, 3.63) is 65.5 Å². The van der Waals surface area contributed by atoms with E-state index < -0.39 is 0 Å². The number of Topliss-reactive ketones (excluding diaryl/α,β-unsaturated/α-hetero) is 1. The van der Waals surface area contributed by atoms with E-state index in [0.29, 0.717) is 47.3 Å². The molecule has 10 heteroatoms. The van der Waals surface area contributed by atoms with Crippen LogP contribution in [-0.4, -0.2) is 54.6 Å². The molecule has 3 aromatic rings. The molecule has 0 aliphatic heterocycles. The Morgan fingerprint density at radius 1 is 0.979 bits per heavy atom. The van der Waals surface area contributed by atoms with Crippen molar-refractivity contribution in [3.63, 3.8) is 0 Å². The number of rotatable bonds is 7. The first-order chi connectivity index (χ1) is 22.7. The lowest BCUT2D eigenvalue weighted by molar-refractivity contribution is -0.128. The zero-order valence-corrected chi connectivity index (χ0v) is 29.6. The number of aromatic nitrogens is 2. The average Bonchev–Trinajstić information content (AvgIpc) is 3.79. The molecule has 2 aliphatic rings. The van der Waals surface area contributed by atoms with Crippen molar-refractivity contribution in [1.29, 1.82) is 0 Å². The third kappa shape index (κ3) is 18.6. The van der Waals surface area contributed by atoms with Crippen LogP contribution in [0.5, 0.6) is 11.5 Å². The van der Waals surface area contributed by atoms with Crippen LogP contribution in [0.15, 0.2) is 54.4 Å². The van der Waals surface area contributed by atoms with Gasteiger partial charge in [-0.1, -0.05) is 60.3 Å². The Kier molecular flexibility index (Phi) is 29.9. The number of methoxy groups -OCH3 is 2. The van der Waals surface area contributed by atoms with Crippen LogP contribution >= 0.6 is 0 Å². The fourth-order valence-corrected chi connectivity index (χ4v) is 4.36. The van der Waals surface area contributed by atoms with Gasteiger partial charge in [-0.15, -0.1) is 13.2 Å². The van der Waals surface area contributed by atoms with Gasteiger partial charge in [-0.3, -0.25) is 19.2 Å². The number of carbonyl (C=O) groups is 3. The molecule has 0 bridgehead atoms. The molecule has 0 unspecified atom stereocenters. The summed E-state index contributed by atoms with van der Waals surface area (Å²) in [4.78, 5) is 47.9. The van der Waals surface area contributed by atoms with E-state index in [-0.39, 0.29) is 19.5 Å². The van der Waals surface area contributed by atoms with E-state index >= 15 is 0 Å². The molecule has 1 aromatic heterocycles. The number of nitrogens with one attached hydrogen (secondary N) is 1. The molecule has 48 heavy (non-hydrogen) atoms. The quantitative estimate of drug-likeness (QED) is 0.186. The highest BCUT2D eigenvalue weighted by molar-refractivity contribution is 5.84. The molecule has 0 atom stereocenters. The maximum Gasteiger partial charge on any atom is 0.293 e. The van der Waals surface area contributed by atoms with Gasteiger partial charge in [0.25, 0.3) is 18.5 Å². The van der Waals surface area contributed by atoms with E-state index in [4.69, 9.17) is 19.4 Å². The molecule has 0 radical (unpaired) electrons. The third-order valence-electron chi connectivity index (χ3n) is 7.10. The van der Waals surface area contributed by atoms with Crippen molar-refractivity contribution in [2.24, 2.45) is 11.8 Å². The van der Waals surface area contributed by atoms with E-state index in [9.17, 15) is 14.4 Å². The molecule has 2 aromatic carbocycles. The largest absolute Gasteiger partial charge is 0.497 e. The number of carbonyl (C=O) groups excluding carboxylic acids is 2. The molecule has 0 spiro atoms. The lowest BCUT2D eigenvalue weighted by atomic mass is 10.0. The normalized spacial score (nSPS) is 12.1. The number of fused-ring (bicyclic) bond motifs is 1. The van der Waals surface area contributed by atoms with Crippen molar-refractivity contribution in [1.82, 2.24) is 9.97 Å². The van der Waals surface area contributed by atoms with Gasteiger partial charge in [0.15, 0.2) is 0 Å². The molecule has 1 heterocycles. The number of H-pyrrole nitrogens is 1. The molecule has 10 nitrogen and oxygen atoms in total. The highest BCUT2D eigenvalue weighted by Crippen LogP contribution is 2.31. The zero-order chi connectivity index (χ0) is 36.2. The first-order valence-electron chi connectivity index (χ1n) is 16.1. The minimum absolute atomic E-state index is 0. The molecule has 270 valence electrons. The van der Waals surface area contributed by atoms with E-state index in [1.807, 2.05) is 45.0 Å². The average molecular weight is 673 g/mol. The summed E-state index contributed by atoms with van der Waals surface area (Å²) in [6.07, 6.45) is 9.27. The lowest BCUT2D eigenvalue weighted by Gasteiger charge is -2.09. The van der Waals surface area contributed by atoms with Crippen LogP contribution in [0, 0.1) is 18.8 Å². The van der Waals surface area contributed by atoms with Crippen LogP contribution in [-0.2, 0) is 19.1 Å². The topological polar surface area (TPSA) is 145 Å². The summed E-state index contributed by atoms with van der Waals surface area (Å²) in [5.41, 5.74) is 2.15. The summed E-state index contributed by atoms with van der Waals surface area (Å²) in [5, 5.41) is 7.44. The highest BCUT2D eigenvalue weighted by atomic mass is 16.5. The predicted octanol–water partition coefficient (Wildman–Crippen LogP) is 8.83. The molecule has 0 saturated heterocycles. The number of carboxylic acid groups (broad SMARTS) is 1.